The van der Waals surface area contributed by atoms with Crippen LogP contribution in [-0.4, -0.2) is 21.7 Å². The molecule has 0 saturated carbocycles. The van der Waals surface area contributed by atoms with Gasteiger partial charge in [-0.15, -0.1) is 0 Å². The molecule has 4 rings (SSSR count). The van der Waals surface area contributed by atoms with Crippen molar-refractivity contribution in [1.29, 1.82) is 0 Å². The van der Waals surface area contributed by atoms with E-state index < -0.39 is 23.6 Å². The Kier molecular flexibility index (Phi) is 8.78. The fourth-order valence-electron chi connectivity index (χ4n) is 4.20. The average molecular weight is 526 g/mol. The Morgan fingerprint density at radius 1 is 0.897 bits per heavy atom. The Morgan fingerprint density at radius 2 is 1.51 bits per heavy atom. The predicted molar refractivity (Wildman–Crippen MR) is 150 cm³/mol. The van der Waals surface area contributed by atoms with Crippen LogP contribution in [0.5, 0.6) is 5.75 Å². The second-order valence-electron chi connectivity index (χ2n) is 9.34. The number of benzene rings is 3. The highest BCUT2D eigenvalue weighted by molar-refractivity contribution is 5.91. The minimum Gasteiger partial charge on any atom is -0.486 e. The van der Waals surface area contributed by atoms with Gasteiger partial charge < -0.3 is 25.0 Å². The number of carboxylic acid groups (broad SMARTS) is 1. The number of carbonyl (C=O) groups excluding carboxylic acids is 1. The van der Waals surface area contributed by atoms with E-state index in [9.17, 15) is 19.5 Å². The first-order valence-electron chi connectivity index (χ1n) is 12.6. The molecule has 2 amide bonds. The summed E-state index contributed by atoms with van der Waals surface area (Å²) in [5.41, 5.74) is 3.70. The lowest BCUT2D eigenvalue weighted by atomic mass is 10.0. The van der Waals surface area contributed by atoms with Crippen LogP contribution in [0.15, 0.2) is 95.8 Å². The highest BCUT2D eigenvalue weighted by atomic mass is 16.5. The lowest BCUT2D eigenvalue weighted by Gasteiger charge is -2.20. The molecule has 200 valence electrons. The van der Waals surface area contributed by atoms with Crippen molar-refractivity contribution in [2.75, 3.05) is 5.32 Å². The number of anilines is 1. The third-order valence-electron chi connectivity index (χ3n) is 6.29. The van der Waals surface area contributed by atoms with E-state index in [-0.39, 0.29) is 24.5 Å². The van der Waals surface area contributed by atoms with E-state index in [4.69, 9.17) is 4.74 Å². The van der Waals surface area contributed by atoms with Gasteiger partial charge in [0.25, 0.3) is 5.56 Å². The molecule has 0 saturated heterocycles. The molecular formula is C31H31N3O5. The van der Waals surface area contributed by atoms with Crippen LogP contribution in [0.25, 0.3) is 0 Å². The molecule has 39 heavy (non-hydrogen) atoms. The van der Waals surface area contributed by atoms with E-state index in [1.165, 1.54) is 0 Å². The van der Waals surface area contributed by atoms with Crippen LogP contribution < -0.4 is 20.9 Å². The molecule has 3 N–H and O–H groups in total. The normalized spacial score (nSPS) is 11.4. The Balaban J connectivity index is 1.64. The SMILES string of the molecule is Cc1ccc([C@@H](CC(=O)O)NC(=O)Nc2c(OCc3ccccc3)cc(C)n(Cc3ccccc3)c2=O)cc1. The second-order valence-corrected chi connectivity index (χ2v) is 9.34. The van der Waals surface area contributed by atoms with Crippen LogP contribution in [0.2, 0.25) is 0 Å². The van der Waals surface area contributed by atoms with E-state index in [0.717, 1.165) is 16.7 Å². The van der Waals surface area contributed by atoms with Crippen molar-refractivity contribution in [3.05, 3.63) is 129 Å². The molecule has 3 aromatic carbocycles. The van der Waals surface area contributed by atoms with Crippen molar-refractivity contribution in [3.8, 4) is 5.75 Å². The van der Waals surface area contributed by atoms with Crippen LogP contribution in [0.3, 0.4) is 0 Å². The summed E-state index contributed by atoms with van der Waals surface area (Å²) in [6, 6.07) is 26.5. The number of pyridine rings is 1. The summed E-state index contributed by atoms with van der Waals surface area (Å²) in [5.74, 6) is -0.834. The molecule has 0 spiro atoms. The fourth-order valence-corrected chi connectivity index (χ4v) is 4.20. The molecule has 0 aliphatic heterocycles. The summed E-state index contributed by atoms with van der Waals surface area (Å²) >= 11 is 0. The van der Waals surface area contributed by atoms with E-state index in [1.54, 1.807) is 22.8 Å². The highest BCUT2D eigenvalue weighted by Crippen LogP contribution is 2.25. The van der Waals surface area contributed by atoms with Crippen LogP contribution in [-0.2, 0) is 17.9 Å². The molecular weight excluding hydrogens is 494 g/mol. The van der Waals surface area contributed by atoms with Gasteiger partial charge in [-0.25, -0.2) is 4.79 Å². The quantitative estimate of drug-likeness (QED) is 0.256. The number of aryl methyl sites for hydroxylation is 2. The molecule has 1 aromatic heterocycles. The number of hydrogen-bond donors (Lipinski definition) is 3. The molecule has 0 bridgehead atoms. The summed E-state index contributed by atoms with van der Waals surface area (Å²) in [5, 5.41) is 14.8. The topological polar surface area (TPSA) is 110 Å². The zero-order chi connectivity index (χ0) is 27.8. The van der Waals surface area contributed by atoms with E-state index in [1.807, 2.05) is 86.6 Å². The maximum atomic E-state index is 13.7. The first-order chi connectivity index (χ1) is 18.8. The number of urea groups is 1. The Morgan fingerprint density at radius 3 is 2.13 bits per heavy atom. The first-order valence-corrected chi connectivity index (χ1v) is 12.6. The summed E-state index contributed by atoms with van der Waals surface area (Å²) in [6.07, 6.45) is -0.319. The number of ether oxygens (including phenoxy) is 1. The molecule has 4 aromatic rings. The lowest BCUT2D eigenvalue weighted by molar-refractivity contribution is -0.137. The third-order valence-corrected chi connectivity index (χ3v) is 6.29. The molecule has 8 nitrogen and oxygen atoms in total. The van der Waals surface area contributed by atoms with Gasteiger partial charge in [0.05, 0.1) is 19.0 Å². The predicted octanol–water partition coefficient (Wildman–Crippen LogP) is 5.43. The minimum atomic E-state index is -1.06. The first kappa shape index (κ1) is 27.2. The lowest BCUT2D eigenvalue weighted by Crippen LogP contribution is -2.36. The number of aliphatic carboxylic acids is 1. The Hall–Kier alpha value is -4.85. The van der Waals surface area contributed by atoms with Crippen molar-refractivity contribution in [3.63, 3.8) is 0 Å². The number of rotatable bonds is 10. The van der Waals surface area contributed by atoms with Crippen molar-refractivity contribution < 1.29 is 19.4 Å². The Labute approximate surface area is 226 Å². The number of carbonyl (C=O) groups is 2. The minimum absolute atomic E-state index is 0.0251. The van der Waals surface area contributed by atoms with Gasteiger partial charge in [-0.3, -0.25) is 9.59 Å². The molecule has 0 radical (unpaired) electrons. The molecule has 8 heteroatoms. The average Bonchev–Trinajstić information content (AvgIpc) is 2.92. The monoisotopic (exact) mass is 525 g/mol. The van der Waals surface area contributed by atoms with Gasteiger partial charge in [0.1, 0.15) is 6.61 Å². The largest absolute Gasteiger partial charge is 0.486 e. The van der Waals surface area contributed by atoms with Crippen LogP contribution in [0, 0.1) is 13.8 Å². The maximum absolute atomic E-state index is 13.7. The Bertz CT molecular complexity index is 1480. The number of nitrogens with one attached hydrogen (secondary N) is 2. The van der Waals surface area contributed by atoms with Crippen LogP contribution >= 0.6 is 0 Å². The molecule has 1 heterocycles. The van der Waals surface area contributed by atoms with Crippen LogP contribution in [0.4, 0.5) is 10.5 Å². The summed E-state index contributed by atoms with van der Waals surface area (Å²) in [7, 11) is 0. The van der Waals surface area contributed by atoms with Gasteiger partial charge in [-0.05, 0) is 30.5 Å². The van der Waals surface area contributed by atoms with Crippen molar-refractivity contribution in [2.45, 2.75) is 39.5 Å². The molecule has 1 atom stereocenters. The van der Waals surface area contributed by atoms with Crippen molar-refractivity contribution >= 4 is 17.7 Å². The fraction of sp³-hybridized carbons (Fsp3) is 0.194. The zero-order valence-electron chi connectivity index (χ0n) is 21.9. The smallest absolute Gasteiger partial charge is 0.319 e. The second kappa shape index (κ2) is 12.6. The number of carboxylic acids is 1. The van der Waals surface area contributed by atoms with E-state index >= 15 is 0 Å². The summed E-state index contributed by atoms with van der Waals surface area (Å²) in [6.45, 7) is 4.24. The zero-order valence-corrected chi connectivity index (χ0v) is 21.9. The number of hydrogen-bond acceptors (Lipinski definition) is 4. The molecule has 0 unspecified atom stereocenters. The van der Waals surface area contributed by atoms with Crippen molar-refractivity contribution in [1.82, 2.24) is 9.88 Å². The maximum Gasteiger partial charge on any atom is 0.319 e. The summed E-state index contributed by atoms with van der Waals surface area (Å²) < 4.78 is 7.57. The standard InChI is InChI=1S/C31H31N3O5/c1-21-13-15-25(16-14-21)26(18-28(35)36)32-31(38)33-29-27(39-20-24-11-7-4-8-12-24)17-22(2)34(30(29)37)19-23-9-5-3-6-10-23/h3-17,26H,18-20H2,1-2H3,(H,35,36)(H2,32,33,38)/t26-/m1/s1. The van der Waals surface area contributed by atoms with E-state index in [2.05, 4.69) is 10.6 Å². The van der Waals surface area contributed by atoms with Gasteiger partial charge in [-0.1, -0.05) is 90.5 Å². The van der Waals surface area contributed by atoms with E-state index in [0.29, 0.717) is 17.8 Å². The van der Waals surface area contributed by atoms with Gasteiger partial charge in [-0.2, -0.15) is 0 Å². The van der Waals surface area contributed by atoms with Gasteiger partial charge in [0.2, 0.25) is 0 Å². The summed E-state index contributed by atoms with van der Waals surface area (Å²) in [4.78, 5) is 38.4. The molecule has 0 aliphatic carbocycles. The van der Waals surface area contributed by atoms with Gasteiger partial charge >= 0.3 is 12.0 Å². The molecule has 0 aliphatic rings. The number of aromatic nitrogens is 1. The third kappa shape index (κ3) is 7.35. The molecule has 0 fully saturated rings. The van der Waals surface area contributed by atoms with Gasteiger partial charge in [0, 0.05) is 11.8 Å². The van der Waals surface area contributed by atoms with Gasteiger partial charge in [0.15, 0.2) is 11.4 Å². The van der Waals surface area contributed by atoms with Crippen LogP contribution in [0.1, 0.15) is 40.4 Å². The number of amides is 2. The number of nitrogens with zero attached hydrogens (tertiary/aromatic N) is 1. The highest BCUT2D eigenvalue weighted by Gasteiger charge is 2.22. The van der Waals surface area contributed by atoms with Crippen molar-refractivity contribution in [2.24, 2.45) is 0 Å².